The molecule has 11 heteroatoms. The second-order valence-electron chi connectivity index (χ2n) is 10.7. The molecule has 1 saturated heterocycles. The zero-order valence-corrected chi connectivity index (χ0v) is 22.2. The summed E-state index contributed by atoms with van der Waals surface area (Å²) in [6.45, 7) is 10.2. The molecule has 1 aromatic carbocycles. The number of rotatable bonds is 9. The second-order valence-corrected chi connectivity index (χ2v) is 10.7. The highest BCUT2D eigenvalue weighted by molar-refractivity contribution is 5.95. The van der Waals surface area contributed by atoms with Gasteiger partial charge in [-0.25, -0.2) is 9.59 Å². The van der Waals surface area contributed by atoms with Crippen LogP contribution in [0.15, 0.2) is 29.3 Å². The molecule has 11 nitrogen and oxygen atoms in total. The second kappa shape index (κ2) is 12.6. The van der Waals surface area contributed by atoms with Gasteiger partial charge in [0.2, 0.25) is 5.91 Å². The summed E-state index contributed by atoms with van der Waals surface area (Å²) in [5.74, 6) is -0.756. The van der Waals surface area contributed by atoms with Crippen LogP contribution in [-0.2, 0) is 14.3 Å². The fourth-order valence-electron chi connectivity index (χ4n) is 4.23. The Kier molecular flexibility index (Phi) is 9.60. The molecule has 1 atom stereocenters. The maximum absolute atomic E-state index is 12.7. The van der Waals surface area contributed by atoms with E-state index in [-0.39, 0.29) is 36.4 Å². The van der Waals surface area contributed by atoms with Gasteiger partial charge in [-0.05, 0) is 57.2 Å². The van der Waals surface area contributed by atoms with Gasteiger partial charge < -0.3 is 36.0 Å². The summed E-state index contributed by atoms with van der Waals surface area (Å²) in [6, 6.07) is 6.87. The zero-order chi connectivity index (χ0) is 27.0. The lowest BCUT2D eigenvalue weighted by Crippen LogP contribution is -2.50. The summed E-state index contributed by atoms with van der Waals surface area (Å²) < 4.78 is 4.97. The Hall–Kier alpha value is -3.50. The van der Waals surface area contributed by atoms with Crippen LogP contribution in [0.1, 0.15) is 47.0 Å². The van der Waals surface area contributed by atoms with Crippen molar-refractivity contribution in [2.45, 2.75) is 58.5 Å². The number of carbonyl (C=O) groups excluding carboxylic acids is 2. The SMILES string of the molecule is CC(C)COC(=O)NC(CNC(=O)C1CCN(c2cccc(NC3=NCCC(C)(C)N3)c2)CC1)C(=O)O. The quantitative estimate of drug-likeness (QED) is 0.337. The first-order valence-electron chi connectivity index (χ1n) is 12.9. The summed E-state index contributed by atoms with van der Waals surface area (Å²) in [7, 11) is 0. The number of amides is 2. The van der Waals surface area contributed by atoms with E-state index in [9.17, 15) is 19.5 Å². The van der Waals surface area contributed by atoms with Gasteiger partial charge >= 0.3 is 12.1 Å². The molecule has 1 unspecified atom stereocenters. The molecule has 2 heterocycles. The summed E-state index contributed by atoms with van der Waals surface area (Å²) in [6.07, 6.45) is 1.47. The van der Waals surface area contributed by atoms with E-state index in [1.54, 1.807) is 0 Å². The van der Waals surface area contributed by atoms with Gasteiger partial charge in [0.1, 0.15) is 6.04 Å². The number of piperidine rings is 1. The van der Waals surface area contributed by atoms with Crippen LogP contribution in [0.5, 0.6) is 0 Å². The number of guanidine groups is 1. The predicted octanol–water partition coefficient (Wildman–Crippen LogP) is 2.39. The monoisotopic (exact) mass is 516 g/mol. The number of alkyl carbamates (subject to hydrolysis) is 1. The van der Waals surface area contributed by atoms with E-state index >= 15 is 0 Å². The van der Waals surface area contributed by atoms with Crippen molar-refractivity contribution >= 4 is 35.3 Å². The number of ether oxygens (including phenoxy) is 1. The summed E-state index contributed by atoms with van der Waals surface area (Å²) in [4.78, 5) is 42.8. The number of aliphatic carboxylic acids is 1. The molecule has 3 rings (SSSR count). The number of aliphatic imine (C=N–C) groups is 1. The molecule has 1 fully saturated rings. The molecular formula is C26H40N6O5. The first-order chi connectivity index (χ1) is 17.5. The number of carboxylic acid groups (broad SMARTS) is 1. The first-order valence-corrected chi connectivity index (χ1v) is 12.9. The fraction of sp³-hybridized carbons (Fsp3) is 0.615. The number of nitrogens with one attached hydrogen (secondary N) is 4. The number of carboxylic acids is 1. The van der Waals surface area contributed by atoms with Crippen LogP contribution in [0, 0.1) is 11.8 Å². The van der Waals surface area contributed by atoms with Gasteiger partial charge in [0, 0.05) is 49.0 Å². The van der Waals surface area contributed by atoms with Gasteiger partial charge in [-0.2, -0.15) is 0 Å². The predicted molar refractivity (Wildman–Crippen MR) is 143 cm³/mol. The zero-order valence-electron chi connectivity index (χ0n) is 22.2. The Balaban J connectivity index is 1.47. The highest BCUT2D eigenvalue weighted by Gasteiger charge is 2.28. The molecule has 0 saturated carbocycles. The lowest BCUT2D eigenvalue weighted by Gasteiger charge is -2.34. The van der Waals surface area contributed by atoms with E-state index in [4.69, 9.17) is 4.74 Å². The molecule has 0 radical (unpaired) electrons. The number of carbonyl (C=O) groups is 3. The van der Waals surface area contributed by atoms with E-state index in [1.165, 1.54) is 0 Å². The van der Waals surface area contributed by atoms with Gasteiger partial charge in [-0.1, -0.05) is 19.9 Å². The molecular weight excluding hydrogens is 476 g/mol. The van der Waals surface area contributed by atoms with E-state index in [0.29, 0.717) is 25.9 Å². The molecule has 2 aliphatic heterocycles. The lowest BCUT2D eigenvalue weighted by molar-refractivity contribution is -0.139. The third kappa shape index (κ3) is 8.83. The summed E-state index contributed by atoms with van der Waals surface area (Å²) in [5.41, 5.74) is 2.01. The van der Waals surface area contributed by atoms with Crippen LogP contribution in [-0.4, -0.2) is 73.4 Å². The van der Waals surface area contributed by atoms with Crippen molar-refractivity contribution in [2.24, 2.45) is 16.8 Å². The van der Waals surface area contributed by atoms with Crippen LogP contribution in [0.3, 0.4) is 0 Å². The van der Waals surface area contributed by atoms with Crippen LogP contribution >= 0.6 is 0 Å². The Morgan fingerprint density at radius 1 is 1.24 bits per heavy atom. The molecule has 5 N–H and O–H groups in total. The average molecular weight is 517 g/mol. The standard InChI is InChI=1S/C26H40N6O5/c1-17(2)16-37-25(36)30-21(23(34)35)15-28-22(33)18-8-12-32(13-9-18)20-7-5-6-19(14-20)29-24-27-11-10-26(3,4)31-24/h5-7,14,17-18,21H,8-13,15-16H2,1-4H3,(H,28,33)(H,30,36)(H,34,35)(H2,27,29,31). The molecule has 0 bridgehead atoms. The Bertz CT molecular complexity index is 987. The maximum atomic E-state index is 12.7. The van der Waals surface area contributed by atoms with Crippen molar-refractivity contribution < 1.29 is 24.2 Å². The Morgan fingerprint density at radius 2 is 1.97 bits per heavy atom. The van der Waals surface area contributed by atoms with E-state index < -0.39 is 18.1 Å². The Morgan fingerprint density at radius 3 is 2.62 bits per heavy atom. The smallest absolute Gasteiger partial charge is 0.407 e. The number of anilines is 2. The molecule has 2 amide bonds. The fourth-order valence-corrected chi connectivity index (χ4v) is 4.23. The average Bonchev–Trinajstić information content (AvgIpc) is 2.84. The highest BCUT2D eigenvalue weighted by Crippen LogP contribution is 2.26. The van der Waals surface area contributed by atoms with Crippen LogP contribution in [0.4, 0.5) is 16.2 Å². The van der Waals surface area contributed by atoms with Gasteiger partial charge in [0.25, 0.3) is 0 Å². The summed E-state index contributed by atoms with van der Waals surface area (Å²) >= 11 is 0. The van der Waals surface area contributed by atoms with Crippen LogP contribution in [0.2, 0.25) is 0 Å². The van der Waals surface area contributed by atoms with E-state index in [2.05, 4.69) is 51.1 Å². The van der Waals surface area contributed by atoms with Crippen molar-refractivity contribution in [1.29, 1.82) is 0 Å². The molecule has 204 valence electrons. The minimum Gasteiger partial charge on any atom is -0.480 e. The highest BCUT2D eigenvalue weighted by atomic mass is 16.5. The minimum absolute atomic E-state index is 0.00175. The first kappa shape index (κ1) is 28.1. The number of nitrogens with zero attached hydrogens (tertiary/aromatic N) is 2. The normalized spacial score (nSPS) is 18.3. The summed E-state index contributed by atoms with van der Waals surface area (Å²) in [5, 5.41) is 21.2. The van der Waals surface area contributed by atoms with Gasteiger partial charge in [0.05, 0.1) is 6.61 Å². The van der Waals surface area contributed by atoms with Crippen LogP contribution < -0.4 is 26.2 Å². The third-order valence-electron chi connectivity index (χ3n) is 6.42. The van der Waals surface area contributed by atoms with Crippen molar-refractivity contribution in [3.63, 3.8) is 0 Å². The molecule has 0 spiro atoms. The van der Waals surface area contributed by atoms with Crippen molar-refractivity contribution in [3.8, 4) is 0 Å². The van der Waals surface area contributed by atoms with Crippen molar-refractivity contribution in [3.05, 3.63) is 24.3 Å². The van der Waals surface area contributed by atoms with Gasteiger partial charge in [0.15, 0.2) is 5.96 Å². The lowest BCUT2D eigenvalue weighted by atomic mass is 9.95. The van der Waals surface area contributed by atoms with Gasteiger partial charge in [-0.15, -0.1) is 0 Å². The Labute approximate surface area is 218 Å². The molecule has 0 aromatic heterocycles. The molecule has 0 aliphatic carbocycles. The topological polar surface area (TPSA) is 144 Å². The third-order valence-corrected chi connectivity index (χ3v) is 6.42. The van der Waals surface area contributed by atoms with Crippen LogP contribution in [0.25, 0.3) is 0 Å². The van der Waals surface area contributed by atoms with Crippen molar-refractivity contribution in [2.75, 3.05) is 43.0 Å². The number of hydrogen-bond donors (Lipinski definition) is 5. The molecule has 1 aromatic rings. The number of benzene rings is 1. The molecule has 2 aliphatic rings. The largest absolute Gasteiger partial charge is 0.480 e. The minimum atomic E-state index is -1.26. The number of hydrogen-bond acceptors (Lipinski definition) is 8. The van der Waals surface area contributed by atoms with Crippen molar-refractivity contribution in [1.82, 2.24) is 16.0 Å². The van der Waals surface area contributed by atoms with E-state index in [0.717, 1.165) is 30.3 Å². The maximum Gasteiger partial charge on any atom is 0.407 e. The van der Waals surface area contributed by atoms with E-state index in [1.807, 2.05) is 32.0 Å². The molecule has 37 heavy (non-hydrogen) atoms. The van der Waals surface area contributed by atoms with Gasteiger partial charge in [-0.3, -0.25) is 9.79 Å².